The molecule has 0 fully saturated rings. The van der Waals surface area contributed by atoms with Crippen LogP contribution in [0.5, 0.6) is 5.75 Å². The highest BCUT2D eigenvalue weighted by Crippen LogP contribution is 2.30. The van der Waals surface area contributed by atoms with Crippen molar-refractivity contribution in [2.24, 2.45) is 0 Å². The zero-order chi connectivity index (χ0) is 16.4. The van der Waals surface area contributed by atoms with Crippen molar-refractivity contribution in [3.8, 4) is 17.0 Å². The second kappa shape index (κ2) is 6.04. The van der Waals surface area contributed by atoms with Crippen LogP contribution in [0.15, 0.2) is 66.9 Å². The number of aromatic nitrogens is 3. The molecule has 0 saturated heterocycles. The Bertz CT molecular complexity index is 979. The fourth-order valence-electron chi connectivity index (χ4n) is 2.65. The number of benzene rings is 2. The van der Waals surface area contributed by atoms with Crippen LogP contribution >= 0.6 is 0 Å². The number of methoxy groups -OCH3 is 1. The number of ether oxygens (including phenoxy) is 1. The van der Waals surface area contributed by atoms with Crippen molar-refractivity contribution >= 4 is 22.4 Å². The van der Waals surface area contributed by atoms with Gasteiger partial charge in [0.2, 0.25) is 0 Å². The Kier molecular flexibility index (Phi) is 3.59. The second-order valence-electron chi connectivity index (χ2n) is 5.42. The number of nitrogens with one attached hydrogen (secondary N) is 2. The molecule has 4 rings (SSSR count). The summed E-state index contributed by atoms with van der Waals surface area (Å²) in [6.45, 7) is 0. The first-order chi connectivity index (χ1) is 11.8. The van der Waals surface area contributed by atoms with Gasteiger partial charge < -0.3 is 10.1 Å². The molecule has 0 amide bonds. The molecule has 2 heterocycles. The maximum atomic E-state index is 5.31. The van der Waals surface area contributed by atoms with Crippen molar-refractivity contribution in [2.45, 2.75) is 0 Å². The molecule has 0 aliphatic rings. The molecule has 0 aliphatic carbocycles. The number of para-hydroxylation sites is 1. The first kappa shape index (κ1) is 14.3. The van der Waals surface area contributed by atoms with Crippen molar-refractivity contribution in [3.63, 3.8) is 0 Å². The number of fused-ring (bicyclic) bond motifs is 1. The van der Waals surface area contributed by atoms with Gasteiger partial charge >= 0.3 is 0 Å². The number of nitrogens with zero attached hydrogens (tertiary/aromatic N) is 2. The van der Waals surface area contributed by atoms with Crippen LogP contribution in [-0.2, 0) is 0 Å². The zero-order valence-corrected chi connectivity index (χ0v) is 13.2. The first-order valence-electron chi connectivity index (χ1n) is 7.64. The third kappa shape index (κ3) is 2.67. The van der Waals surface area contributed by atoms with E-state index in [9.17, 15) is 0 Å². The minimum Gasteiger partial charge on any atom is -0.497 e. The molecule has 2 aromatic carbocycles. The summed E-state index contributed by atoms with van der Waals surface area (Å²) in [5.41, 5.74) is 4.55. The monoisotopic (exact) mass is 316 g/mol. The lowest BCUT2D eigenvalue weighted by molar-refractivity contribution is 0.415. The van der Waals surface area contributed by atoms with Crippen LogP contribution < -0.4 is 10.1 Å². The van der Waals surface area contributed by atoms with Gasteiger partial charge in [0.25, 0.3) is 0 Å². The standard InChI is InChI=1S/C19H16N4O/c1-24-16-9-5-6-13(10-16)18-17-11-15(12-20-19(17)23-22-18)21-14-7-3-2-4-8-14/h2-12,21H,1H3,(H,20,22,23). The molecule has 0 radical (unpaired) electrons. The molecule has 4 aromatic rings. The van der Waals surface area contributed by atoms with Gasteiger partial charge in [-0.2, -0.15) is 5.10 Å². The summed E-state index contributed by atoms with van der Waals surface area (Å²) < 4.78 is 5.31. The van der Waals surface area contributed by atoms with Crippen molar-refractivity contribution < 1.29 is 4.74 Å². The van der Waals surface area contributed by atoms with Crippen LogP contribution in [0, 0.1) is 0 Å². The minimum atomic E-state index is 0.687. The van der Waals surface area contributed by atoms with Crippen LogP contribution in [0.3, 0.4) is 0 Å². The fraction of sp³-hybridized carbons (Fsp3) is 0.0526. The van der Waals surface area contributed by atoms with Gasteiger partial charge in [0, 0.05) is 16.6 Å². The average molecular weight is 316 g/mol. The number of rotatable bonds is 4. The third-order valence-corrected chi connectivity index (χ3v) is 3.83. The number of pyridine rings is 1. The molecule has 5 heteroatoms. The van der Waals surface area contributed by atoms with E-state index in [1.165, 1.54) is 0 Å². The molecule has 24 heavy (non-hydrogen) atoms. The van der Waals surface area contributed by atoms with E-state index >= 15 is 0 Å². The van der Waals surface area contributed by atoms with E-state index in [2.05, 4.69) is 20.5 Å². The van der Waals surface area contributed by atoms with Crippen molar-refractivity contribution in [2.75, 3.05) is 12.4 Å². The fourth-order valence-corrected chi connectivity index (χ4v) is 2.65. The summed E-state index contributed by atoms with van der Waals surface area (Å²) in [6.07, 6.45) is 1.78. The van der Waals surface area contributed by atoms with Gasteiger partial charge in [0.15, 0.2) is 5.65 Å². The molecule has 5 nitrogen and oxygen atoms in total. The lowest BCUT2D eigenvalue weighted by Crippen LogP contribution is -1.91. The van der Waals surface area contributed by atoms with E-state index < -0.39 is 0 Å². The van der Waals surface area contributed by atoms with Gasteiger partial charge in [-0.05, 0) is 30.3 Å². The van der Waals surface area contributed by atoms with Crippen LogP contribution in [0.25, 0.3) is 22.3 Å². The average Bonchev–Trinajstić information content (AvgIpc) is 3.06. The Morgan fingerprint density at radius 1 is 0.958 bits per heavy atom. The molecule has 2 aromatic heterocycles. The molecule has 0 spiro atoms. The predicted molar refractivity (Wildman–Crippen MR) is 95.6 cm³/mol. The highest BCUT2D eigenvalue weighted by atomic mass is 16.5. The predicted octanol–water partition coefficient (Wildman–Crippen LogP) is 4.38. The number of hydrogen-bond acceptors (Lipinski definition) is 4. The molecule has 0 atom stereocenters. The zero-order valence-electron chi connectivity index (χ0n) is 13.2. The van der Waals surface area contributed by atoms with Crippen LogP contribution in [0.4, 0.5) is 11.4 Å². The van der Waals surface area contributed by atoms with Gasteiger partial charge in [-0.15, -0.1) is 0 Å². The number of aromatic amines is 1. The summed E-state index contributed by atoms with van der Waals surface area (Å²) in [5, 5.41) is 11.7. The van der Waals surface area contributed by atoms with E-state index in [0.717, 1.165) is 33.8 Å². The SMILES string of the molecule is COc1cccc(-c2[nH]nc3ncc(Nc4ccccc4)cc23)c1. The molecule has 0 bridgehead atoms. The lowest BCUT2D eigenvalue weighted by Gasteiger charge is -2.06. The van der Waals surface area contributed by atoms with Gasteiger partial charge in [0.1, 0.15) is 5.75 Å². The summed E-state index contributed by atoms with van der Waals surface area (Å²) in [4.78, 5) is 4.43. The van der Waals surface area contributed by atoms with E-state index in [1.54, 1.807) is 13.3 Å². The Hall–Kier alpha value is -3.34. The van der Waals surface area contributed by atoms with E-state index in [4.69, 9.17) is 4.74 Å². The minimum absolute atomic E-state index is 0.687. The molecule has 2 N–H and O–H groups in total. The Morgan fingerprint density at radius 2 is 1.83 bits per heavy atom. The maximum Gasteiger partial charge on any atom is 0.181 e. The third-order valence-electron chi connectivity index (χ3n) is 3.83. The van der Waals surface area contributed by atoms with E-state index in [1.807, 2.05) is 60.7 Å². The normalized spacial score (nSPS) is 10.7. The first-order valence-corrected chi connectivity index (χ1v) is 7.64. The molecule has 0 saturated carbocycles. The highest BCUT2D eigenvalue weighted by molar-refractivity contribution is 5.93. The van der Waals surface area contributed by atoms with Crippen molar-refractivity contribution in [3.05, 3.63) is 66.9 Å². The molecule has 0 unspecified atom stereocenters. The summed E-state index contributed by atoms with van der Waals surface area (Å²) in [7, 11) is 1.66. The molecule has 118 valence electrons. The van der Waals surface area contributed by atoms with Crippen LogP contribution in [0.1, 0.15) is 0 Å². The molecular formula is C19H16N4O. The van der Waals surface area contributed by atoms with Crippen molar-refractivity contribution in [1.82, 2.24) is 15.2 Å². The van der Waals surface area contributed by atoms with Crippen molar-refractivity contribution in [1.29, 1.82) is 0 Å². The highest BCUT2D eigenvalue weighted by Gasteiger charge is 2.10. The summed E-state index contributed by atoms with van der Waals surface area (Å²) in [6, 6.07) is 19.9. The molecular weight excluding hydrogens is 300 g/mol. The lowest BCUT2D eigenvalue weighted by atomic mass is 10.1. The Labute approximate surface area is 139 Å². The quantitative estimate of drug-likeness (QED) is 0.586. The topological polar surface area (TPSA) is 62.8 Å². The second-order valence-corrected chi connectivity index (χ2v) is 5.42. The van der Waals surface area contributed by atoms with Gasteiger partial charge in [-0.25, -0.2) is 4.98 Å². The maximum absolute atomic E-state index is 5.31. The van der Waals surface area contributed by atoms with Crippen LogP contribution in [-0.4, -0.2) is 22.3 Å². The largest absolute Gasteiger partial charge is 0.497 e. The van der Waals surface area contributed by atoms with Gasteiger partial charge in [-0.3, -0.25) is 5.10 Å². The summed E-state index contributed by atoms with van der Waals surface area (Å²) >= 11 is 0. The Balaban J connectivity index is 1.76. The van der Waals surface area contributed by atoms with E-state index in [-0.39, 0.29) is 0 Å². The smallest absolute Gasteiger partial charge is 0.181 e. The summed E-state index contributed by atoms with van der Waals surface area (Å²) in [5.74, 6) is 0.807. The van der Waals surface area contributed by atoms with Gasteiger partial charge in [0.05, 0.1) is 24.7 Å². The Morgan fingerprint density at radius 3 is 2.67 bits per heavy atom. The molecule has 0 aliphatic heterocycles. The van der Waals surface area contributed by atoms with Gasteiger partial charge in [-0.1, -0.05) is 30.3 Å². The number of H-pyrrole nitrogens is 1. The number of hydrogen-bond donors (Lipinski definition) is 2. The van der Waals surface area contributed by atoms with Crippen LogP contribution in [0.2, 0.25) is 0 Å². The number of anilines is 2. The van der Waals surface area contributed by atoms with E-state index in [0.29, 0.717) is 5.65 Å².